The fraction of sp³-hybridized carbons (Fsp3) is 0.208. The van der Waals surface area contributed by atoms with Gasteiger partial charge in [-0.15, -0.1) is 0 Å². The molecule has 1 unspecified atom stereocenters. The molecule has 0 spiro atoms. The summed E-state index contributed by atoms with van der Waals surface area (Å²) in [7, 11) is 0. The van der Waals surface area contributed by atoms with E-state index in [2.05, 4.69) is 16.0 Å². The third-order valence-electron chi connectivity index (χ3n) is 5.46. The maximum atomic E-state index is 13.4. The Morgan fingerprint density at radius 1 is 1.03 bits per heavy atom. The van der Waals surface area contributed by atoms with Gasteiger partial charge in [0.05, 0.1) is 34.5 Å². The maximum Gasteiger partial charge on any atom is 0.416 e. The summed E-state index contributed by atoms with van der Waals surface area (Å²) in [6.45, 7) is 0.196. The van der Waals surface area contributed by atoms with Gasteiger partial charge in [-0.25, -0.2) is 4.39 Å². The number of fused-ring (bicyclic) bond motifs is 1. The monoisotopic (exact) mass is 492 g/mol. The lowest BCUT2D eigenvalue weighted by molar-refractivity contribution is -0.137. The molecule has 5 nitrogen and oxygen atoms in total. The average Bonchev–Trinajstić information content (AvgIpc) is 3.21. The molecule has 5 N–H and O–H groups in total. The Morgan fingerprint density at radius 2 is 1.74 bits per heavy atom. The molecule has 34 heavy (non-hydrogen) atoms. The first-order valence-electron chi connectivity index (χ1n) is 10.4. The van der Waals surface area contributed by atoms with Crippen LogP contribution in [0.5, 0.6) is 0 Å². The number of hydrogen-bond donors (Lipinski definition) is 4. The third-order valence-corrected chi connectivity index (χ3v) is 5.75. The second-order valence-corrected chi connectivity index (χ2v) is 8.39. The molecule has 4 rings (SSSR count). The summed E-state index contributed by atoms with van der Waals surface area (Å²) in [6, 6.07) is 13.9. The van der Waals surface area contributed by atoms with Gasteiger partial charge >= 0.3 is 6.18 Å². The van der Waals surface area contributed by atoms with Gasteiger partial charge in [-0.2, -0.15) is 13.2 Å². The second-order valence-electron chi connectivity index (χ2n) is 7.98. The molecule has 0 aromatic heterocycles. The Balaban J connectivity index is 1.33. The highest BCUT2D eigenvalue weighted by Gasteiger charge is 2.30. The van der Waals surface area contributed by atoms with Crippen LogP contribution >= 0.6 is 11.6 Å². The molecule has 3 aromatic rings. The highest BCUT2D eigenvalue weighted by atomic mass is 35.5. The standard InChI is InChI=1S/C24H21ClF4N4O/c25-17-10-14(4-6-18(17)26)15-5-7-20-21(11-15)33-22(32-20)12-31-23(34)19(30)9-13-2-1-3-16(8-13)24(27,28)29/h1-8,10-11,19,22,32-33H,9,12,30H2,(H,31,34)/t19-,22?/m1/s1. The van der Waals surface area contributed by atoms with Gasteiger partial charge in [-0.1, -0.05) is 41.9 Å². The number of alkyl halides is 3. The number of rotatable bonds is 6. The van der Waals surface area contributed by atoms with Gasteiger partial charge in [0.1, 0.15) is 12.0 Å². The van der Waals surface area contributed by atoms with Crippen molar-refractivity contribution < 1.29 is 22.4 Å². The second kappa shape index (κ2) is 9.52. The number of amides is 1. The summed E-state index contributed by atoms with van der Waals surface area (Å²) in [4.78, 5) is 12.4. The molecule has 1 amide bonds. The quantitative estimate of drug-likeness (QED) is 0.365. The van der Waals surface area contributed by atoms with Crippen LogP contribution in [0, 0.1) is 5.82 Å². The van der Waals surface area contributed by atoms with Crippen molar-refractivity contribution in [1.82, 2.24) is 5.32 Å². The minimum atomic E-state index is -4.46. The topological polar surface area (TPSA) is 79.2 Å². The SMILES string of the molecule is N[C@H](Cc1cccc(C(F)(F)F)c1)C(=O)NCC1Nc2ccc(-c3ccc(F)c(Cl)c3)cc2N1. The number of halogens is 5. The van der Waals surface area contributed by atoms with Gasteiger partial charge in [-0.3, -0.25) is 4.79 Å². The van der Waals surface area contributed by atoms with Crippen LogP contribution in [-0.4, -0.2) is 24.7 Å². The molecule has 0 saturated heterocycles. The summed E-state index contributed by atoms with van der Waals surface area (Å²) in [5.74, 6) is -0.966. The Hall–Kier alpha value is -3.30. The molecule has 0 fully saturated rings. The van der Waals surface area contributed by atoms with Gasteiger partial charge < -0.3 is 21.7 Å². The largest absolute Gasteiger partial charge is 0.416 e. The van der Waals surface area contributed by atoms with Crippen molar-refractivity contribution >= 4 is 28.9 Å². The van der Waals surface area contributed by atoms with Crippen molar-refractivity contribution in [2.45, 2.75) is 24.8 Å². The third kappa shape index (κ3) is 5.43. The lowest BCUT2D eigenvalue weighted by Crippen LogP contribution is -2.46. The summed E-state index contributed by atoms with van der Waals surface area (Å²) in [6.07, 6.45) is -4.79. The minimum absolute atomic E-state index is 0.0227. The van der Waals surface area contributed by atoms with E-state index < -0.39 is 29.5 Å². The van der Waals surface area contributed by atoms with Crippen LogP contribution in [0.1, 0.15) is 11.1 Å². The number of nitrogens with one attached hydrogen (secondary N) is 3. The molecule has 2 atom stereocenters. The smallest absolute Gasteiger partial charge is 0.362 e. The van der Waals surface area contributed by atoms with E-state index in [1.165, 1.54) is 18.2 Å². The zero-order chi connectivity index (χ0) is 24.5. The number of benzene rings is 3. The molecule has 10 heteroatoms. The maximum absolute atomic E-state index is 13.4. The van der Waals surface area contributed by atoms with Gasteiger partial charge in [0.2, 0.25) is 5.91 Å². The highest BCUT2D eigenvalue weighted by molar-refractivity contribution is 6.31. The van der Waals surface area contributed by atoms with E-state index >= 15 is 0 Å². The predicted octanol–water partition coefficient (Wildman–Crippen LogP) is 5.01. The van der Waals surface area contributed by atoms with Crippen molar-refractivity contribution in [3.63, 3.8) is 0 Å². The van der Waals surface area contributed by atoms with E-state index in [0.29, 0.717) is 5.56 Å². The lowest BCUT2D eigenvalue weighted by atomic mass is 10.0. The average molecular weight is 493 g/mol. The number of carbonyl (C=O) groups is 1. The lowest BCUT2D eigenvalue weighted by Gasteiger charge is -2.17. The van der Waals surface area contributed by atoms with Crippen LogP contribution in [0.3, 0.4) is 0 Å². The molecular weight excluding hydrogens is 472 g/mol. The molecule has 3 aromatic carbocycles. The van der Waals surface area contributed by atoms with Crippen molar-refractivity contribution in [2.75, 3.05) is 17.2 Å². The molecule has 0 aliphatic carbocycles. The zero-order valence-electron chi connectivity index (χ0n) is 17.7. The number of anilines is 2. The fourth-order valence-corrected chi connectivity index (χ4v) is 3.89. The number of hydrogen-bond acceptors (Lipinski definition) is 4. The predicted molar refractivity (Wildman–Crippen MR) is 124 cm³/mol. The molecule has 0 saturated carbocycles. The van der Waals surface area contributed by atoms with Gasteiger partial charge in [-0.05, 0) is 53.4 Å². The number of carbonyl (C=O) groups excluding carboxylic acids is 1. The molecule has 0 bridgehead atoms. The first-order chi connectivity index (χ1) is 16.1. The van der Waals surface area contributed by atoms with Crippen molar-refractivity contribution in [2.24, 2.45) is 5.73 Å². The van der Waals surface area contributed by atoms with Gasteiger partial charge in [0.25, 0.3) is 0 Å². The van der Waals surface area contributed by atoms with Crippen LogP contribution in [0.2, 0.25) is 5.02 Å². The van der Waals surface area contributed by atoms with Crippen LogP contribution in [-0.2, 0) is 17.4 Å². The zero-order valence-corrected chi connectivity index (χ0v) is 18.5. The van der Waals surface area contributed by atoms with Crippen LogP contribution < -0.4 is 21.7 Å². The Labute approximate surface area is 198 Å². The van der Waals surface area contributed by atoms with E-state index in [-0.39, 0.29) is 24.2 Å². The summed E-state index contributed by atoms with van der Waals surface area (Å²) in [5.41, 5.74) is 8.68. The summed E-state index contributed by atoms with van der Waals surface area (Å²) in [5, 5.41) is 9.21. The normalized spacial score (nSPS) is 15.8. The molecule has 1 aliphatic rings. The highest BCUT2D eigenvalue weighted by Crippen LogP contribution is 2.34. The van der Waals surface area contributed by atoms with Crippen LogP contribution in [0.4, 0.5) is 28.9 Å². The molecular formula is C24H21ClF4N4O. The van der Waals surface area contributed by atoms with E-state index in [0.717, 1.165) is 34.6 Å². The van der Waals surface area contributed by atoms with Crippen molar-refractivity contribution in [1.29, 1.82) is 0 Å². The van der Waals surface area contributed by atoms with E-state index in [4.69, 9.17) is 17.3 Å². The molecule has 1 heterocycles. The molecule has 1 aliphatic heterocycles. The van der Waals surface area contributed by atoms with E-state index in [1.807, 2.05) is 18.2 Å². The fourth-order valence-electron chi connectivity index (χ4n) is 3.71. The minimum Gasteiger partial charge on any atom is -0.362 e. The Bertz CT molecular complexity index is 1220. The van der Waals surface area contributed by atoms with Crippen molar-refractivity contribution in [3.05, 3.63) is 82.6 Å². The molecule has 178 valence electrons. The van der Waals surface area contributed by atoms with E-state index in [9.17, 15) is 22.4 Å². The molecule has 0 radical (unpaired) electrons. The van der Waals surface area contributed by atoms with Crippen molar-refractivity contribution in [3.8, 4) is 11.1 Å². The first-order valence-corrected chi connectivity index (χ1v) is 10.8. The summed E-state index contributed by atoms with van der Waals surface area (Å²) < 4.78 is 52.1. The van der Waals surface area contributed by atoms with Crippen LogP contribution in [0.15, 0.2) is 60.7 Å². The van der Waals surface area contributed by atoms with Gasteiger partial charge in [0, 0.05) is 0 Å². The Morgan fingerprint density at radius 3 is 2.47 bits per heavy atom. The van der Waals surface area contributed by atoms with E-state index in [1.54, 1.807) is 12.1 Å². The van der Waals surface area contributed by atoms with Crippen LogP contribution in [0.25, 0.3) is 11.1 Å². The Kier molecular flexibility index (Phi) is 6.67. The first kappa shape index (κ1) is 23.8. The van der Waals surface area contributed by atoms with Gasteiger partial charge in [0.15, 0.2) is 0 Å². The summed E-state index contributed by atoms with van der Waals surface area (Å²) >= 11 is 5.88. The number of nitrogens with two attached hydrogens (primary N) is 1.